The zero-order chi connectivity index (χ0) is 18.2. The summed E-state index contributed by atoms with van der Waals surface area (Å²) in [6.45, 7) is 0. The summed E-state index contributed by atoms with van der Waals surface area (Å²) >= 11 is 0. The molecule has 27 heavy (non-hydrogen) atoms. The average molecular weight is 360 g/mol. The van der Waals surface area contributed by atoms with Crippen LogP contribution in [-0.2, 0) is 22.4 Å². The van der Waals surface area contributed by atoms with E-state index >= 15 is 0 Å². The first-order valence-corrected chi connectivity index (χ1v) is 9.75. The van der Waals surface area contributed by atoms with Gasteiger partial charge in [-0.25, -0.2) is 4.79 Å². The topological polar surface area (TPSA) is 49.8 Å². The maximum atomic E-state index is 11.0. The summed E-state index contributed by atoms with van der Waals surface area (Å²) in [5.41, 5.74) is 3.74. The molecule has 1 aliphatic rings. The van der Waals surface area contributed by atoms with Gasteiger partial charge in [-0.1, -0.05) is 80.3 Å². The van der Waals surface area contributed by atoms with Crippen molar-refractivity contribution in [3.8, 4) is 0 Å². The molecule has 0 bridgehead atoms. The number of ether oxygens (including phenoxy) is 1. The van der Waals surface area contributed by atoms with E-state index in [4.69, 9.17) is 9.84 Å². The summed E-state index contributed by atoms with van der Waals surface area (Å²) in [7, 11) is 0. The standard InChI is InChI=1S/C23H28O3.Li.H/c24-23(25)22-21(26-22)20-17-11-10-16-19(20)15-9-4-2-1-3-6-12-18-13-7-5-8-14-18;;/h5,7-8,10-11,13-14,16-17,21-22H,1-4,6,9,12,15H2,(H,24,25);;/t21-,22+;;/m0../s1. The number of hydrogen-bond acceptors (Lipinski definition) is 2. The normalized spacial score (nSPS) is 17.9. The van der Waals surface area contributed by atoms with E-state index < -0.39 is 12.1 Å². The Kier molecular flexibility index (Phi) is 9.14. The molecule has 0 aliphatic carbocycles. The second-order valence-corrected chi connectivity index (χ2v) is 7.12. The van der Waals surface area contributed by atoms with Crippen LogP contribution in [0.25, 0.3) is 0 Å². The summed E-state index contributed by atoms with van der Waals surface area (Å²) in [4.78, 5) is 11.0. The second-order valence-electron chi connectivity index (χ2n) is 7.12. The molecule has 140 valence electrons. The molecule has 1 heterocycles. The molecule has 0 unspecified atom stereocenters. The van der Waals surface area contributed by atoms with Crippen LogP contribution in [0.2, 0.25) is 0 Å². The van der Waals surface area contributed by atoms with Crippen LogP contribution in [0.5, 0.6) is 0 Å². The molecule has 3 rings (SSSR count). The van der Waals surface area contributed by atoms with Gasteiger partial charge in [-0.3, -0.25) is 0 Å². The van der Waals surface area contributed by atoms with E-state index in [2.05, 4.69) is 36.4 Å². The van der Waals surface area contributed by atoms with E-state index in [-0.39, 0.29) is 25.0 Å². The van der Waals surface area contributed by atoms with Gasteiger partial charge >= 0.3 is 24.8 Å². The number of hydrogen-bond donors (Lipinski definition) is 1. The van der Waals surface area contributed by atoms with E-state index in [9.17, 15) is 4.79 Å². The van der Waals surface area contributed by atoms with Crippen molar-refractivity contribution in [2.24, 2.45) is 0 Å². The van der Waals surface area contributed by atoms with Gasteiger partial charge in [0.05, 0.1) is 0 Å². The number of aliphatic carboxylic acids is 1. The number of carboxylic acids is 1. The molecule has 0 radical (unpaired) electrons. The van der Waals surface area contributed by atoms with Gasteiger partial charge in [0.25, 0.3) is 0 Å². The molecule has 0 spiro atoms. The van der Waals surface area contributed by atoms with Crippen LogP contribution >= 0.6 is 0 Å². The third-order valence-electron chi connectivity index (χ3n) is 5.10. The fourth-order valence-electron chi connectivity index (χ4n) is 3.57. The van der Waals surface area contributed by atoms with Crippen LogP contribution in [0.3, 0.4) is 0 Å². The van der Waals surface area contributed by atoms with Gasteiger partial charge in [-0.05, 0) is 42.4 Å². The van der Waals surface area contributed by atoms with Crippen molar-refractivity contribution in [2.45, 2.75) is 63.6 Å². The minimum atomic E-state index is -0.861. The zero-order valence-electron chi connectivity index (χ0n) is 15.3. The number of rotatable bonds is 11. The van der Waals surface area contributed by atoms with Crippen molar-refractivity contribution >= 4 is 24.8 Å². The molecule has 2 aromatic rings. The molecule has 4 heteroatoms. The number of benzene rings is 2. The van der Waals surface area contributed by atoms with E-state index in [0.29, 0.717) is 0 Å². The van der Waals surface area contributed by atoms with Crippen LogP contribution in [0.4, 0.5) is 0 Å². The fraction of sp³-hybridized carbons (Fsp3) is 0.435. The molecule has 0 amide bonds. The molecule has 1 N–H and O–H groups in total. The van der Waals surface area contributed by atoms with E-state index in [1.54, 1.807) is 0 Å². The Hall–Kier alpha value is -1.53. The monoisotopic (exact) mass is 360 g/mol. The van der Waals surface area contributed by atoms with Crippen molar-refractivity contribution in [3.63, 3.8) is 0 Å². The summed E-state index contributed by atoms with van der Waals surface area (Å²) in [5, 5.41) is 9.04. The van der Waals surface area contributed by atoms with E-state index in [0.717, 1.165) is 18.4 Å². The molecule has 2 aromatic carbocycles. The number of carbonyl (C=O) groups is 1. The van der Waals surface area contributed by atoms with Crippen LogP contribution in [-0.4, -0.2) is 36.0 Å². The van der Waals surface area contributed by atoms with Crippen molar-refractivity contribution < 1.29 is 14.6 Å². The Morgan fingerprint density at radius 1 is 0.815 bits per heavy atom. The minimum absolute atomic E-state index is 0. The Morgan fingerprint density at radius 2 is 1.41 bits per heavy atom. The zero-order valence-corrected chi connectivity index (χ0v) is 15.3. The summed E-state index contributed by atoms with van der Waals surface area (Å²) in [6.07, 6.45) is 8.79. The van der Waals surface area contributed by atoms with Crippen LogP contribution in [0.1, 0.15) is 61.3 Å². The average Bonchev–Trinajstić information content (AvgIpc) is 3.46. The quantitative estimate of drug-likeness (QED) is 0.359. The van der Waals surface area contributed by atoms with Gasteiger partial charge < -0.3 is 9.84 Å². The van der Waals surface area contributed by atoms with Crippen molar-refractivity contribution in [1.29, 1.82) is 0 Å². The second kappa shape index (κ2) is 11.3. The van der Waals surface area contributed by atoms with Crippen LogP contribution in [0.15, 0.2) is 54.6 Å². The van der Waals surface area contributed by atoms with Gasteiger partial charge in [0.1, 0.15) is 6.10 Å². The molecule has 1 aliphatic heterocycles. The molecule has 2 atom stereocenters. The number of aryl methyl sites for hydroxylation is 2. The summed E-state index contributed by atoms with van der Waals surface area (Å²) < 4.78 is 5.31. The van der Waals surface area contributed by atoms with Gasteiger partial charge in [0, 0.05) is 0 Å². The Bertz CT molecular complexity index is 702. The Labute approximate surface area is 174 Å². The molecular weight excluding hydrogens is 331 g/mol. The first-order chi connectivity index (χ1) is 12.8. The Balaban J connectivity index is 0.00000261. The van der Waals surface area contributed by atoms with Crippen molar-refractivity contribution in [2.75, 3.05) is 0 Å². The van der Waals surface area contributed by atoms with Crippen molar-refractivity contribution in [1.82, 2.24) is 0 Å². The molecule has 0 aromatic heterocycles. The van der Waals surface area contributed by atoms with Gasteiger partial charge in [0.15, 0.2) is 6.10 Å². The number of carboxylic acid groups (broad SMARTS) is 1. The summed E-state index contributed by atoms with van der Waals surface area (Å²) in [6, 6.07) is 18.8. The van der Waals surface area contributed by atoms with Crippen LogP contribution < -0.4 is 0 Å². The van der Waals surface area contributed by atoms with Crippen molar-refractivity contribution in [3.05, 3.63) is 71.3 Å². The summed E-state index contributed by atoms with van der Waals surface area (Å²) in [5.74, 6) is -0.861. The third kappa shape index (κ3) is 6.85. The van der Waals surface area contributed by atoms with Gasteiger partial charge in [0.2, 0.25) is 0 Å². The number of epoxide rings is 1. The predicted octanol–water partition coefficient (Wildman–Crippen LogP) is 4.69. The first-order valence-electron chi connectivity index (χ1n) is 9.75. The molecule has 3 nitrogen and oxygen atoms in total. The molecule has 0 saturated carbocycles. The third-order valence-corrected chi connectivity index (χ3v) is 5.10. The molecule has 1 fully saturated rings. The fourth-order valence-corrected chi connectivity index (χ4v) is 3.57. The maximum absolute atomic E-state index is 11.0. The van der Waals surface area contributed by atoms with E-state index in [1.807, 2.05) is 18.2 Å². The number of unbranched alkanes of at least 4 members (excludes halogenated alkanes) is 5. The van der Waals surface area contributed by atoms with Gasteiger partial charge in [-0.2, -0.15) is 0 Å². The van der Waals surface area contributed by atoms with E-state index in [1.165, 1.54) is 49.7 Å². The molecular formula is C23H29LiO3. The first kappa shape index (κ1) is 21.8. The Morgan fingerprint density at radius 3 is 2.07 bits per heavy atom. The molecule has 1 saturated heterocycles. The SMILES string of the molecule is O=C(O)[C@@H]1O[C@H]1c1ccccc1CCCCCCCCc1ccccc1.[LiH]. The van der Waals surface area contributed by atoms with Crippen LogP contribution in [0, 0.1) is 0 Å². The predicted molar refractivity (Wildman–Crippen MR) is 110 cm³/mol. The van der Waals surface area contributed by atoms with Gasteiger partial charge in [-0.15, -0.1) is 0 Å².